The van der Waals surface area contributed by atoms with Crippen molar-refractivity contribution in [3.63, 3.8) is 0 Å². The van der Waals surface area contributed by atoms with E-state index >= 15 is 0 Å². The first-order chi connectivity index (χ1) is 9.40. The van der Waals surface area contributed by atoms with Crippen LogP contribution in [0.2, 0.25) is 0 Å². The predicted molar refractivity (Wildman–Crippen MR) is 78.1 cm³/mol. The number of hydrogen-bond donors (Lipinski definition) is 1. The van der Waals surface area contributed by atoms with Crippen LogP contribution in [0.15, 0.2) is 24.3 Å². The van der Waals surface area contributed by atoms with Crippen molar-refractivity contribution in [2.45, 2.75) is 27.7 Å². The molecule has 0 saturated carbocycles. The maximum absolute atomic E-state index is 12.7. The number of halogens is 1. The van der Waals surface area contributed by atoms with Gasteiger partial charge in [-0.05, 0) is 42.0 Å². The van der Waals surface area contributed by atoms with E-state index in [4.69, 9.17) is 4.74 Å². The van der Waals surface area contributed by atoms with E-state index in [0.717, 1.165) is 0 Å². The summed E-state index contributed by atoms with van der Waals surface area (Å²) in [5.74, 6) is 1.51. The molecule has 0 radical (unpaired) electrons. The Labute approximate surface area is 120 Å². The second kappa shape index (κ2) is 7.88. The van der Waals surface area contributed by atoms with Crippen molar-refractivity contribution in [2.24, 2.45) is 17.8 Å². The molecule has 0 saturated heterocycles. The Bertz CT molecular complexity index is 407. The molecule has 0 aliphatic rings. The van der Waals surface area contributed by atoms with Crippen molar-refractivity contribution in [3.8, 4) is 5.75 Å². The molecule has 0 fully saturated rings. The highest BCUT2D eigenvalue weighted by molar-refractivity contribution is 5.77. The Morgan fingerprint density at radius 1 is 1.15 bits per heavy atom. The number of carbonyl (C=O) groups excluding carboxylic acids is 1. The van der Waals surface area contributed by atoms with Gasteiger partial charge in [0.1, 0.15) is 11.6 Å². The van der Waals surface area contributed by atoms with E-state index in [2.05, 4.69) is 33.0 Å². The lowest BCUT2D eigenvalue weighted by Gasteiger charge is -2.25. The Kier molecular flexibility index (Phi) is 6.49. The number of ether oxygens (including phenoxy) is 1. The quantitative estimate of drug-likeness (QED) is 0.833. The fourth-order valence-corrected chi connectivity index (χ4v) is 2.20. The van der Waals surface area contributed by atoms with Gasteiger partial charge in [-0.2, -0.15) is 0 Å². The van der Waals surface area contributed by atoms with Gasteiger partial charge < -0.3 is 10.1 Å². The van der Waals surface area contributed by atoms with Crippen molar-refractivity contribution in [1.29, 1.82) is 0 Å². The van der Waals surface area contributed by atoms with Crippen LogP contribution in [0.1, 0.15) is 27.7 Å². The summed E-state index contributed by atoms with van der Waals surface area (Å²) in [4.78, 5) is 11.7. The number of nitrogens with one attached hydrogen (secondary N) is 1. The van der Waals surface area contributed by atoms with Gasteiger partial charge in [-0.3, -0.25) is 4.79 Å². The lowest BCUT2D eigenvalue weighted by atomic mass is 9.85. The van der Waals surface area contributed by atoms with E-state index < -0.39 is 0 Å². The first-order valence-electron chi connectivity index (χ1n) is 7.05. The second-order valence-electron chi connectivity index (χ2n) is 5.70. The van der Waals surface area contributed by atoms with E-state index in [9.17, 15) is 9.18 Å². The molecule has 1 amide bonds. The minimum absolute atomic E-state index is 0.0471. The van der Waals surface area contributed by atoms with E-state index in [1.807, 2.05) is 0 Å². The molecule has 1 aromatic carbocycles. The highest BCUT2D eigenvalue weighted by Gasteiger charge is 2.18. The molecule has 112 valence electrons. The van der Waals surface area contributed by atoms with Gasteiger partial charge in [0.05, 0.1) is 0 Å². The van der Waals surface area contributed by atoms with Crippen molar-refractivity contribution >= 4 is 5.91 Å². The van der Waals surface area contributed by atoms with Crippen LogP contribution in [0.5, 0.6) is 5.75 Å². The van der Waals surface area contributed by atoms with E-state index in [1.54, 1.807) is 0 Å². The number of rotatable bonds is 7. The molecule has 0 heterocycles. The molecule has 0 aliphatic carbocycles. The monoisotopic (exact) mass is 281 g/mol. The third-order valence-electron chi connectivity index (χ3n) is 3.43. The van der Waals surface area contributed by atoms with Gasteiger partial charge in [0, 0.05) is 6.54 Å². The first kappa shape index (κ1) is 16.5. The molecule has 0 bridgehead atoms. The van der Waals surface area contributed by atoms with Crippen molar-refractivity contribution < 1.29 is 13.9 Å². The molecule has 0 unspecified atom stereocenters. The number of amides is 1. The molecular formula is C16H24FNO2. The van der Waals surface area contributed by atoms with Crippen LogP contribution < -0.4 is 10.1 Å². The fraction of sp³-hybridized carbons (Fsp3) is 0.562. The summed E-state index contributed by atoms with van der Waals surface area (Å²) in [5.41, 5.74) is 0. The van der Waals surface area contributed by atoms with Crippen LogP contribution in [0.3, 0.4) is 0 Å². The summed E-state index contributed by atoms with van der Waals surface area (Å²) >= 11 is 0. The zero-order valence-electron chi connectivity index (χ0n) is 12.7. The zero-order valence-corrected chi connectivity index (χ0v) is 12.7. The molecule has 4 heteroatoms. The van der Waals surface area contributed by atoms with Gasteiger partial charge in [0.25, 0.3) is 5.91 Å². The van der Waals surface area contributed by atoms with Crippen LogP contribution in [-0.2, 0) is 4.79 Å². The zero-order chi connectivity index (χ0) is 15.1. The summed E-state index contributed by atoms with van der Waals surface area (Å²) in [7, 11) is 0. The molecule has 1 N–H and O–H groups in total. The highest BCUT2D eigenvalue weighted by Crippen LogP contribution is 2.19. The highest BCUT2D eigenvalue weighted by atomic mass is 19.1. The minimum Gasteiger partial charge on any atom is -0.484 e. The summed E-state index contributed by atoms with van der Waals surface area (Å²) < 4.78 is 18.0. The lowest BCUT2D eigenvalue weighted by molar-refractivity contribution is -0.123. The standard InChI is InChI=1S/C16H24FNO2/c1-11(2)15(12(3)4)9-18-16(19)10-20-14-7-5-13(17)6-8-14/h5-8,11-12,15H,9-10H2,1-4H3,(H,18,19). The SMILES string of the molecule is CC(C)C(CNC(=O)COc1ccc(F)cc1)C(C)C. The summed E-state index contributed by atoms with van der Waals surface area (Å²) in [6.07, 6.45) is 0. The summed E-state index contributed by atoms with van der Waals surface area (Å²) in [6, 6.07) is 5.63. The Hall–Kier alpha value is -1.58. The van der Waals surface area contributed by atoms with Gasteiger partial charge in [0.15, 0.2) is 6.61 Å². The van der Waals surface area contributed by atoms with Crippen molar-refractivity contribution in [1.82, 2.24) is 5.32 Å². The topological polar surface area (TPSA) is 38.3 Å². The van der Waals surface area contributed by atoms with Crippen LogP contribution in [0.25, 0.3) is 0 Å². The largest absolute Gasteiger partial charge is 0.484 e. The van der Waals surface area contributed by atoms with Crippen molar-refractivity contribution in [3.05, 3.63) is 30.1 Å². The lowest BCUT2D eigenvalue weighted by Crippen LogP contribution is -2.36. The molecule has 1 rings (SSSR count). The van der Waals surface area contributed by atoms with Gasteiger partial charge in [0.2, 0.25) is 0 Å². The number of hydrogen-bond acceptors (Lipinski definition) is 2. The second-order valence-corrected chi connectivity index (χ2v) is 5.70. The Morgan fingerprint density at radius 3 is 2.20 bits per heavy atom. The molecule has 1 aromatic rings. The van der Waals surface area contributed by atoms with Crippen LogP contribution in [0, 0.1) is 23.6 Å². The summed E-state index contributed by atoms with van der Waals surface area (Å²) in [6.45, 7) is 9.24. The average Bonchev–Trinajstić information content (AvgIpc) is 2.37. The van der Waals surface area contributed by atoms with Gasteiger partial charge in [-0.25, -0.2) is 4.39 Å². The molecule has 0 atom stereocenters. The smallest absolute Gasteiger partial charge is 0.257 e. The number of carbonyl (C=O) groups is 1. The number of benzene rings is 1. The van der Waals surface area contributed by atoms with Crippen molar-refractivity contribution in [2.75, 3.05) is 13.2 Å². The third-order valence-corrected chi connectivity index (χ3v) is 3.43. The van der Waals surface area contributed by atoms with E-state index in [0.29, 0.717) is 30.0 Å². The average molecular weight is 281 g/mol. The molecule has 20 heavy (non-hydrogen) atoms. The third kappa shape index (κ3) is 5.59. The van der Waals surface area contributed by atoms with E-state index in [1.165, 1.54) is 24.3 Å². The van der Waals surface area contributed by atoms with Crippen LogP contribution in [-0.4, -0.2) is 19.1 Å². The normalized spacial score (nSPS) is 11.2. The van der Waals surface area contributed by atoms with Gasteiger partial charge in [-0.15, -0.1) is 0 Å². The molecule has 0 spiro atoms. The fourth-order valence-electron chi connectivity index (χ4n) is 2.20. The molecule has 0 aliphatic heterocycles. The van der Waals surface area contributed by atoms with Crippen LogP contribution >= 0.6 is 0 Å². The predicted octanol–water partition coefficient (Wildman–Crippen LogP) is 3.25. The van der Waals surface area contributed by atoms with E-state index in [-0.39, 0.29) is 18.3 Å². The van der Waals surface area contributed by atoms with Gasteiger partial charge >= 0.3 is 0 Å². The Morgan fingerprint density at radius 2 is 1.70 bits per heavy atom. The molecular weight excluding hydrogens is 257 g/mol. The first-order valence-corrected chi connectivity index (χ1v) is 7.05. The maximum Gasteiger partial charge on any atom is 0.257 e. The molecule has 3 nitrogen and oxygen atoms in total. The minimum atomic E-state index is -0.321. The maximum atomic E-state index is 12.7. The summed E-state index contributed by atoms with van der Waals surface area (Å²) in [5, 5.41) is 2.89. The molecule has 0 aromatic heterocycles. The van der Waals surface area contributed by atoms with Crippen LogP contribution in [0.4, 0.5) is 4.39 Å². The Balaban J connectivity index is 2.35. The van der Waals surface area contributed by atoms with Gasteiger partial charge in [-0.1, -0.05) is 27.7 Å².